The van der Waals surface area contributed by atoms with Crippen LogP contribution in [-0.2, 0) is 10.0 Å². The minimum atomic E-state index is -3.91. The molecule has 0 aliphatic rings. The lowest BCUT2D eigenvalue weighted by atomic mass is 10.1. The van der Waals surface area contributed by atoms with E-state index in [0.717, 1.165) is 0 Å². The van der Waals surface area contributed by atoms with E-state index in [1.165, 1.54) is 19.1 Å². The quantitative estimate of drug-likeness (QED) is 0.609. The van der Waals surface area contributed by atoms with E-state index in [9.17, 15) is 23.1 Å². The summed E-state index contributed by atoms with van der Waals surface area (Å²) in [6.07, 6.45) is 0. The summed E-state index contributed by atoms with van der Waals surface area (Å²) in [6, 6.07) is 11.1. The van der Waals surface area contributed by atoms with Crippen LogP contribution >= 0.6 is 0 Å². The van der Waals surface area contributed by atoms with Gasteiger partial charge in [-0.25, -0.2) is 8.42 Å². The standard InChI is InChI=1S/C18H16N2O5S/c1-10-8-13-14(19-18(23)16(11(2)21)17(13)22)9-15(10)26(24,25)20-12-6-4-3-5-7-12/h3-9,20H,1-2H3,(H2,19,22,23). The number of carbonyl (C=O) groups excluding carboxylic acids is 1. The molecule has 0 radical (unpaired) electrons. The smallest absolute Gasteiger partial charge is 0.263 e. The van der Waals surface area contributed by atoms with E-state index in [2.05, 4.69) is 9.71 Å². The number of para-hydroxylation sites is 1. The van der Waals surface area contributed by atoms with Crippen molar-refractivity contribution >= 4 is 32.4 Å². The fourth-order valence-corrected chi connectivity index (χ4v) is 4.06. The summed E-state index contributed by atoms with van der Waals surface area (Å²) < 4.78 is 27.8. The number of nitrogens with one attached hydrogen (secondary N) is 2. The molecule has 0 spiro atoms. The van der Waals surface area contributed by atoms with E-state index < -0.39 is 27.1 Å². The lowest BCUT2D eigenvalue weighted by Crippen LogP contribution is -2.18. The fraction of sp³-hybridized carbons (Fsp3) is 0.111. The lowest BCUT2D eigenvalue weighted by molar-refractivity contribution is 0.101. The molecule has 26 heavy (non-hydrogen) atoms. The normalized spacial score (nSPS) is 11.5. The Labute approximate surface area is 149 Å². The summed E-state index contributed by atoms with van der Waals surface area (Å²) >= 11 is 0. The van der Waals surface area contributed by atoms with Crippen LogP contribution < -0.4 is 10.3 Å². The number of pyridine rings is 1. The van der Waals surface area contributed by atoms with Crippen LogP contribution in [0.5, 0.6) is 5.75 Å². The molecule has 7 nitrogen and oxygen atoms in total. The predicted octanol–water partition coefficient (Wildman–Crippen LogP) is 2.55. The van der Waals surface area contributed by atoms with Crippen LogP contribution in [0.15, 0.2) is 52.2 Å². The molecule has 0 aliphatic carbocycles. The SMILES string of the molecule is CC(=O)c1c(O)c2cc(C)c(S(=O)(=O)Nc3ccccc3)cc2[nH]c1=O. The third-order valence-corrected chi connectivity index (χ3v) is 5.47. The second-order valence-corrected chi connectivity index (χ2v) is 7.52. The highest BCUT2D eigenvalue weighted by molar-refractivity contribution is 7.92. The van der Waals surface area contributed by atoms with Gasteiger partial charge in [0.2, 0.25) is 0 Å². The van der Waals surface area contributed by atoms with Crippen LogP contribution in [0.4, 0.5) is 5.69 Å². The molecule has 2 aromatic carbocycles. The zero-order valence-electron chi connectivity index (χ0n) is 14.0. The van der Waals surface area contributed by atoms with E-state index in [1.807, 2.05) is 0 Å². The van der Waals surface area contributed by atoms with Crippen LogP contribution in [-0.4, -0.2) is 24.3 Å². The average Bonchev–Trinajstić information content (AvgIpc) is 2.55. The molecule has 3 N–H and O–H groups in total. The minimum absolute atomic E-state index is 0.0421. The number of aromatic amines is 1. The first-order valence-electron chi connectivity index (χ1n) is 7.69. The van der Waals surface area contributed by atoms with Crippen molar-refractivity contribution in [3.63, 3.8) is 0 Å². The molecule has 0 saturated heterocycles. The number of hydrogen-bond donors (Lipinski definition) is 3. The van der Waals surface area contributed by atoms with Gasteiger partial charge in [-0.1, -0.05) is 18.2 Å². The first kappa shape index (κ1) is 17.7. The predicted molar refractivity (Wildman–Crippen MR) is 98.2 cm³/mol. The lowest BCUT2D eigenvalue weighted by Gasteiger charge is -2.13. The zero-order chi connectivity index (χ0) is 19.1. The van der Waals surface area contributed by atoms with Gasteiger partial charge in [-0.15, -0.1) is 0 Å². The number of anilines is 1. The van der Waals surface area contributed by atoms with Gasteiger partial charge < -0.3 is 10.1 Å². The van der Waals surface area contributed by atoms with Crippen LogP contribution in [0.2, 0.25) is 0 Å². The number of fused-ring (bicyclic) bond motifs is 1. The molecule has 0 atom stereocenters. The number of aromatic nitrogens is 1. The fourth-order valence-electron chi connectivity index (χ4n) is 2.75. The molecule has 0 bridgehead atoms. The second kappa shape index (κ2) is 6.30. The number of hydrogen-bond acceptors (Lipinski definition) is 5. The molecule has 0 amide bonds. The summed E-state index contributed by atoms with van der Waals surface area (Å²) in [5.41, 5.74) is -0.245. The number of H-pyrrole nitrogens is 1. The van der Waals surface area contributed by atoms with Crippen molar-refractivity contribution < 1.29 is 18.3 Å². The molecular weight excluding hydrogens is 356 g/mol. The van der Waals surface area contributed by atoms with Crippen molar-refractivity contribution in [2.24, 2.45) is 0 Å². The molecule has 0 unspecified atom stereocenters. The van der Waals surface area contributed by atoms with Gasteiger partial charge in [0.05, 0.1) is 10.4 Å². The van der Waals surface area contributed by atoms with Crippen LogP contribution in [0.1, 0.15) is 22.8 Å². The van der Waals surface area contributed by atoms with Gasteiger partial charge in [0.1, 0.15) is 11.3 Å². The average molecular weight is 372 g/mol. The van der Waals surface area contributed by atoms with Gasteiger partial charge in [-0.05, 0) is 43.7 Å². The Morgan fingerprint density at radius 2 is 1.81 bits per heavy atom. The van der Waals surface area contributed by atoms with Crippen LogP contribution in [0.25, 0.3) is 10.9 Å². The van der Waals surface area contributed by atoms with Gasteiger partial charge in [0, 0.05) is 11.1 Å². The molecule has 8 heteroatoms. The Morgan fingerprint density at radius 3 is 2.42 bits per heavy atom. The molecule has 134 valence electrons. The molecule has 1 aromatic heterocycles. The molecular formula is C18H16N2O5S. The molecule has 3 aromatic rings. The number of benzene rings is 2. The van der Waals surface area contributed by atoms with Crippen molar-refractivity contribution in [1.29, 1.82) is 0 Å². The van der Waals surface area contributed by atoms with Crippen molar-refractivity contribution in [2.45, 2.75) is 18.7 Å². The van der Waals surface area contributed by atoms with Crippen LogP contribution in [0, 0.1) is 6.92 Å². The summed E-state index contributed by atoms with van der Waals surface area (Å²) in [4.78, 5) is 26.0. The summed E-state index contributed by atoms with van der Waals surface area (Å²) in [5, 5.41) is 10.4. The molecule has 1 heterocycles. The number of ketones is 1. The Hall–Kier alpha value is -3.13. The molecule has 0 fully saturated rings. The third-order valence-electron chi connectivity index (χ3n) is 3.95. The number of rotatable bonds is 4. The van der Waals surface area contributed by atoms with E-state index in [4.69, 9.17) is 0 Å². The molecule has 3 rings (SSSR count). The maximum Gasteiger partial charge on any atom is 0.263 e. The Balaban J connectivity index is 2.19. The maximum absolute atomic E-state index is 12.7. The number of aromatic hydroxyl groups is 1. The number of Topliss-reactive ketones (excluding diaryl/α,β-unsaturated/α-hetero) is 1. The number of aryl methyl sites for hydroxylation is 1. The van der Waals surface area contributed by atoms with Gasteiger partial charge in [0.15, 0.2) is 5.78 Å². The van der Waals surface area contributed by atoms with E-state index in [0.29, 0.717) is 11.3 Å². The highest BCUT2D eigenvalue weighted by Gasteiger charge is 2.21. The Bertz CT molecular complexity index is 1180. The summed E-state index contributed by atoms with van der Waals surface area (Å²) in [7, 11) is -3.91. The van der Waals surface area contributed by atoms with Crippen molar-refractivity contribution in [3.8, 4) is 5.75 Å². The number of sulfonamides is 1. The highest BCUT2D eigenvalue weighted by Crippen LogP contribution is 2.30. The van der Waals surface area contributed by atoms with E-state index in [1.54, 1.807) is 37.3 Å². The highest BCUT2D eigenvalue weighted by atomic mass is 32.2. The number of carbonyl (C=O) groups is 1. The zero-order valence-corrected chi connectivity index (χ0v) is 14.8. The maximum atomic E-state index is 12.7. The van der Waals surface area contributed by atoms with Crippen molar-refractivity contribution in [3.05, 3.63) is 63.9 Å². The largest absolute Gasteiger partial charge is 0.506 e. The van der Waals surface area contributed by atoms with Gasteiger partial charge >= 0.3 is 0 Å². The van der Waals surface area contributed by atoms with Crippen LogP contribution in [0.3, 0.4) is 0 Å². The third kappa shape index (κ3) is 3.06. The van der Waals surface area contributed by atoms with Crippen molar-refractivity contribution in [2.75, 3.05) is 4.72 Å². The summed E-state index contributed by atoms with van der Waals surface area (Å²) in [5.74, 6) is -1.04. The monoisotopic (exact) mass is 372 g/mol. The van der Waals surface area contributed by atoms with E-state index in [-0.39, 0.29) is 21.4 Å². The Morgan fingerprint density at radius 1 is 1.15 bits per heavy atom. The summed E-state index contributed by atoms with van der Waals surface area (Å²) in [6.45, 7) is 2.74. The van der Waals surface area contributed by atoms with Gasteiger partial charge in [0.25, 0.3) is 15.6 Å². The van der Waals surface area contributed by atoms with E-state index >= 15 is 0 Å². The second-order valence-electron chi connectivity index (χ2n) is 5.87. The first-order chi connectivity index (χ1) is 12.2. The van der Waals surface area contributed by atoms with Gasteiger partial charge in [-0.2, -0.15) is 0 Å². The van der Waals surface area contributed by atoms with Gasteiger partial charge in [-0.3, -0.25) is 14.3 Å². The van der Waals surface area contributed by atoms with Crippen molar-refractivity contribution in [1.82, 2.24) is 4.98 Å². The Kier molecular flexibility index (Phi) is 4.29. The molecule has 0 aliphatic heterocycles. The minimum Gasteiger partial charge on any atom is -0.506 e. The molecule has 0 saturated carbocycles. The topological polar surface area (TPSA) is 116 Å². The first-order valence-corrected chi connectivity index (χ1v) is 9.17.